The molecule has 1 aromatic carbocycles. The average molecular weight is 244 g/mol. The molecule has 0 radical (unpaired) electrons. The van der Waals surface area contributed by atoms with Crippen molar-refractivity contribution in [3.8, 4) is 0 Å². The van der Waals surface area contributed by atoms with E-state index in [1.165, 1.54) is 55.2 Å². The molecule has 0 amide bonds. The highest BCUT2D eigenvalue weighted by atomic mass is 16.3. The fourth-order valence-corrected chi connectivity index (χ4v) is 3.75. The van der Waals surface area contributed by atoms with Gasteiger partial charge in [-0.25, -0.2) is 0 Å². The van der Waals surface area contributed by atoms with E-state index in [-0.39, 0.29) is 0 Å². The molecule has 1 nitrogen and oxygen atoms in total. The summed E-state index contributed by atoms with van der Waals surface area (Å²) in [7, 11) is 0. The summed E-state index contributed by atoms with van der Waals surface area (Å²) >= 11 is 0. The lowest BCUT2D eigenvalue weighted by molar-refractivity contribution is -0.0405. The van der Waals surface area contributed by atoms with Crippen molar-refractivity contribution in [1.29, 1.82) is 0 Å². The molecule has 2 aliphatic carbocycles. The Bertz CT molecular complexity index is 437. The largest absolute Gasteiger partial charge is 0.389 e. The van der Waals surface area contributed by atoms with Gasteiger partial charge >= 0.3 is 0 Å². The number of benzene rings is 1. The van der Waals surface area contributed by atoms with E-state index in [4.69, 9.17) is 0 Å². The highest BCUT2D eigenvalue weighted by molar-refractivity contribution is 5.36. The zero-order valence-corrected chi connectivity index (χ0v) is 11.4. The van der Waals surface area contributed by atoms with Gasteiger partial charge in [0, 0.05) is 6.42 Å². The number of aryl methyl sites for hydroxylation is 2. The van der Waals surface area contributed by atoms with Crippen molar-refractivity contribution >= 4 is 0 Å². The summed E-state index contributed by atoms with van der Waals surface area (Å²) in [5.41, 5.74) is 3.94. The first-order valence-corrected chi connectivity index (χ1v) is 7.50. The molecule has 0 aromatic heterocycles. The topological polar surface area (TPSA) is 20.2 Å². The first-order chi connectivity index (χ1) is 8.67. The minimum Gasteiger partial charge on any atom is -0.389 e. The molecule has 0 bridgehead atoms. The maximum absolute atomic E-state index is 10.8. The summed E-state index contributed by atoms with van der Waals surface area (Å²) in [6.45, 7) is 2.21. The van der Waals surface area contributed by atoms with E-state index in [0.29, 0.717) is 5.92 Å². The van der Waals surface area contributed by atoms with Gasteiger partial charge in [0.05, 0.1) is 5.60 Å². The predicted molar refractivity (Wildman–Crippen MR) is 74.8 cm³/mol. The highest BCUT2D eigenvalue weighted by Gasteiger charge is 2.36. The van der Waals surface area contributed by atoms with Crippen LogP contribution in [0.3, 0.4) is 0 Å². The minimum atomic E-state index is -0.453. The Balaban J connectivity index is 1.79. The van der Waals surface area contributed by atoms with Crippen LogP contribution in [0.5, 0.6) is 0 Å². The van der Waals surface area contributed by atoms with Crippen LogP contribution in [0.4, 0.5) is 0 Å². The van der Waals surface area contributed by atoms with E-state index in [9.17, 15) is 5.11 Å². The van der Waals surface area contributed by atoms with E-state index >= 15 is 0 Å². The van der Waals surface area contributed by atoms with E-state index in [0.717, 1.165) is 12.8 Å². The Kier molecular flexibility index (Phi) is 3.19. The van der Waals surface area contributed by atoms with Crippen LogP contribution in [0.2, 0.25) is 0 Å². The molecule has 0 saturated heterocycles. The van der Waals surface area contributed by atoms with Gasteiger partial charge in [-0.2, -0.15) is 0 Å². The molecule has 1 N–H and O–H groups in total. The van der Waals surface area contributed by atoms with Gasteiger partial charge in [-0.1, -0.05) is 38.0 Å². The summed E-state index contributed by atoms with van der Waals surface area (Å²) in [5.74, 6) is 0.444. The smallest absolute Gasteiger partial charge is 0.0713 e. The maximum Gasteiger partial charge on any atom is 0.0713 e. The lowest BCUT2D eigenvalue weighted by Gasteiger charge is -2.38. The van der Waals surface area contributed by atoms with Crippen LogP contribution >= 0.6 is 0 Å². The number of hydrogen-bond donors (Lipinski definition) is 1. The lowest BCUT2D eigenvalue weighted by atomic mass is 9.73. The summed E-state index contributed by atoms with van der Waals surface area (Å²) in [6, 6.07) is 6.87. The summed E-state index contributed by atoms with van der Waals surface area (Å²) in [6.07, 6.45) is 9.26. The molecule has 0 spiro atoms. The van der Waals surface area contributed by atoms with Crippen molar-refractivity contribution in [3.05, 3.63) is 34.9 Å². The SMILES string of the molecule is CC1CCCCC1(O)Cc1ccc2c(c1)CCC2. The first kappa shape index (κ1) is 12.2. The molecule has 98 valence electrons. The van der Waals surface area contributed by atoms with Gasteiger partial charge in [-0.15, -0.1) is 0 Å². The van der Waals surface area contributed by atoms with Gasteiger partial charge < -0.3 is 5.11 Å². The first-order valence-electron chi connectivity index (χ1n) is 7.50. The van der Waals surface area contributed by atoms with Gasteiger partial charge in [0.1, 0.15) is 0 Å². The second-order valence-corrected chi connectivity index (χ2v) is 6.38. The monoisotopic (exact) mass is 244 g/mol. The number of rotatable bonds is 2. The molecular formula is C17H24O. The second-order valence-electron chi connectivity index (χ2n) is 6.38. The summed E-state index contributed by atoms with van der Waals surface area (Å²) in [5, 5.41) is 10.8. The Morgan fingerprint density at radius 1 is 1.17 bits per heavy atom. The number of fused-ring (bicyclic) bond motifs is 1. The molecule has 1 saturated carbocycles. The molecule has 1 fully saturated rings. The normalized spacial score (nSPS) is 31.3. The Labute approximate surface area is 110 Å². The van der Waals surface area contributed by atoms with Crippen molar-refractivity contribution in [2.75, 3.05) is 0 Å². The van der Waals surface area contributed by atoms with Crippen molar-refractivity contribution in [2.45, 2.75) is 63.9 Å². The standard InChI is InChI=1S/C17H24O/c1-13-5-2-3-10-17(13,18)12-14-8-9-15-6-4-7-16(15)11-14/h8-9,11,13,18H,2-7,10,12H2,1H3. The quantitative estimate of drug-likeness (QED) is 0.841. The number of hydrogen-bond acceptors (Lipinski definition) is 1. The van der Waals surface area contributed by atoms with Gasteiger partial charge in [-0.05, 0) is 54.7 Å². The van der Waals surface area contributed by atoms with Crippen molar-refractivity contribution in [3.63, 3.8) is 0 Å². The van der Waals surface area contributed by atoms with E-state index in [1.54, 1.807) is 0 Å². The van der Waals surface area contributed by atoms with Crippen LogP contribution in [0.15, 0.2) is 18.2 Å². The number of aliphatic hydroxyl groups is 1. The van der Waals surface area contributed by atoms with Crippen LogP contribution in [-0.4, -0.2) is 10.7 Å². The molecule has 1 heteroatoms. The second kappa shape index (κ2) is 4.70. The van der Waals surface area contributed by atoms with Crippen molar-refractivity contribution in [1.82, 2.24) is 0 Å². The maximum atomic E-state index is 10.8. The molecule has 18 heavy (non-hydrogen) atoms. The molecule has 0 aliphatic heterocycles. The molecule has 3 rings (SSSR count). The van der Waals surface area contributed by atoms with E-state index in [2.05, 4.69) is 25.1 Å². The third kappa shape index (κ3) is 2.21. The zero-order valence-electron chi connectivity index (χ0n) is 11.4. The van der Waals surface area contributed by atoms with Gasteiger partial charge in [-0.3, -0.25) is 0 Å². The molecule has 2 atom stereocenters. The van der Waals surface area contributed by atoms with Gasteiger partial charge in [0.25, 0.3) is 0 Å². The average Bonchev–Trinajstić information content (AvgIpc) is 2.80. The Morgan fingerprint density at radius 2 is 2.00 bits per heavy atom. The third-order valence-electron chi connectivity index (χ3n) is 5.09. The summed E-state index contributed by atoms with van der Waals surface area (Å²) < 4.78 is 0. The van der Waals surface area contributed by atoms with Gasteiger partial charge in [0.15, 0.2) is 0 Å². The van der Waals surface area contributed by atoms with Gasteiger partial charge in [0.2, 0.25) is 0 Å². The van der Waals surface area contributed by atoms with Crippen LogP contribution in [0, 0.1) is 5.92 Å². The molecule has 2 aliphatic rings. The zero-order chi connectivity index (χ0) is 12.6. The predicted octanol–water partition coefficient (Wildman–Crippen LogP) is 3.66. The van der Waals surface area contributed by atoms with Crippen molar-refractivity contribution in [2.24, 2.45) is 5.92 Å². The van der Waals surface area contributed by atoms with Crippen LogP contribution in [-0.2, 0) is 19.3 Å². The molecule has 0 heterocycles. The van der Waals surface area contributed by atoms with Crippen molar-refractivity contribution < 1.29 is 5.11 Å². The fourth-order valence-electron chi connectivity index (χ4n) is 3.75. The minimum absolute atomic E-state index is 0.444. The molecule has 2 unspecified atom stereocenters. The Morgan fingerprint density at radius 3 is 2.83 bits per heavy atom. The Hall–Kier alpha value is -0.820. The van der Waals surface area contributed by atoms with Crippen LogP contribution in [0.1, 0.15) is 55.7 Å². The molecular weight excluding hydrogens is 220 g/mol. The van der Waals surface area contributed by atoms with E-state index in [1.807, 2.05) is 0 Å². The highest BCUT2D eigenvalue weighted by Crippen LogP contribution is 2.36. The molecule has 1 aromatic rings. The van der Waals surface area contributed by atoms with Crippen LogP contribution in [0.25, 0.3) is 0 Å². The third-order valence-corrected chi connectivity index (χ3v) is 5.09. The van der Waals surface area contributed by atoms with E-state index < -0.39 is 5.60 Å². The fraction of sp³-hybridized carbons (Fsp3) is 0.647. The summed E-state index contributed by atoms with van der Waals surface area (Å²) in [4.78, 5) is 0. The lowest BCUT2D eigenvalue weighted by Crippen LogP contribution is -2.41. The van der Waals surface area contributed by atoms with Crippen LogP contribution < -0.4 is 0 Å².